The van der Waals surface area contributed by atoms with E-state index < -0.39 is 11.7 Å². The Hall–Kier alpha value is -6.32. The zero-order chi connectivity index (χ0) is 43.4. The normalized spacial score (nSPS) is 18.0. The lowest BCUT2D eigenvalue weighted by molar-refractivity contribution is -0.136. The van der Waals surface area contributed by atoms with Gasteiger partial charge in [0, 0.05) is 117 Å². The lowest BCUT2D eigenvalue weighted by atomic mass is 9.93. The summed E-state index contributed by atoms with van der Waals surface area (Å²) in [6.07, 6.45) is 5.39. The molecule has 4 saturated heterocycles. The molecule has 12 nitrogen and oxygen atoms in total. The average molecular weight is 870 g/mol. The molecule has 16 heteroatoms. The minimum Gasteiger partial charge on any atom is -0.355 e. The molecule has 4 aliphatic heterocycles. The zero-order valence-corrected chi connectivity index (χ0v) is 35.8. The van der Waals surface area contributed by atoms with Crippen LogP contribution in [-0.2, 0) is 6.18 Å². The van der Waals surface area contributed by atoms with Crippen molar-refractivity contribution in [3.05, 3.63) is 105 Å². The standard InChI is InChI=1S/C47H45ClF3N12/c1-28-19-40(58-39-20-34(48)3-4-35(28)39)62-24-32(25-62)43-46(56-14-12-53-43)61-17-9-31(10-18-61)23-57-38-6-5-36-37(47(49,50)51)21-41(59-42(36)29(38)2)63-26-33(27-63)44-45(55-13-11-54-44)60-15-7-30(22-52)8-16-60/h3-6,11-14,19-21,30-33H,7-10,15-18,24-27H2,1-2H3/q+1. The maximum absolute atomic E-state index is 14.6. The number of pyridine rings is 2. The third-order valence-electron chi connectivity index (χ3n) is 13.2. The number of nitriles is 1. The number of piperidine rings is 2. The van der Waals surface area contributed by atoms with Crippen molar-refractivity contribution in [1.82, 2.24) is 29.9 Å². The summed E-state index contributed by atoms with van der Waals surface area (Å²) < 4.78 is 43.9. The molecule has 0 atom stereocenters. The van der Waals surface area contributed by atoms with E-state index >= 15 is 0 Å². The highest BCUT2D eigenvalue weighted by molar-refractivity contribution is 6.31. The quantitative estimate of drug-likeness (QED) is 0.159. The van der Waals surface area contributed by atoms with E-state index in [4.69, 9.17) is 36.4 Å². The minimum absolute atomic E-state index is 0.0137. The molecular weight excluding hydrogens is 825 g/mol. The molecule has 6 aromatic rings. The Bertz CT molecular complexity index is 2830. The van der Waals surface area contributed by atoms with Crippen LogP contribution in [0.15, 0.2) is 67.3 Å². The molecule has 0 spiro atoms. The Morgan fingerprint density at radius 2 is 1.24 bits per heavy atom. The Labute approximate surface area is 368 Å². The third-order valence-corrected chi connectivity index (χ3v) is 13.4. The summed E-state index contributed by atoms with van der Waals surface area (Å²) in [5, 5.41) is 11.2. The fraction of sp³-hybridized carbons (Fsp3) is 0.404. The van der Waals surface area contributed by atoms with Crippen molar-refractivity contribution < 1.29 is 13.2 Å². The summed E-state index contributed by atoms with van der Waals surface area (Å²) >= 11 is 6.28. The molecule has 0 radical (unpaired) electrons. The van der Waals surface area contributed by atoms with Crippen LogP contribution < -0.4 is 19.6 Å². The van der Waals surface area contributed by atoms with E-state index in [2.05, 4.69) is 49.8 Å². The summed E-state index contributed by atoms with van der Waals surface area (Å²) in [5.41, 5.74) is 4.56. The largest absolute Gasteiger partial charge is 0.417 e. The van der Waals surface area contributed by atoms with E-state index in [1.165, 1.54) is 6.07 Å². The maximum Gasteiger partial charge on any atom is 0.417 e. The van der Waals surface area contributed by atoms with Crippen LogP contribution in [0.2, 0.25) is 5.02 Å². The summed E-state index contributed by atoms with van der Waals surface area (Å²) in [6, 6.07) is 17.9. The second kappa shape index (κ2) is 16.4. The molecule has 63 heavy (non-hydrogen) atoms. The topological polar surface area (TPSA) is 118 Å². The molecule has 8 heterocycles. The van der Waals surface area contributed by atoms with E-state index in [9.17, 15) is 18.4 Å². The van der Waals surface area contributed by atoms with E-state index in [0.29, 0.717) is 29.4 Å². The Morgan fingerprint density at radius 3 is 1.83 bits per heavy atom. The van der Waals surface area contributed by atoms with Crippen LogP contribution in [0.1, 0.15) is 65.6 Å². The number of nitrogens with zero attached hydrogens (tertiary/aromatic N) is 12. The van der Waals surface area contributed by atoms with E-state index in [0.717, 1.165) is 116 Å². The smallest absolute Gasteiger partial charge is 0.355 e. The number of benzene rings is 2. The van der Waals surface area contributed by atoms with Crippen LogP contribution in [-0.4, -0.2) is 82.3 Å². The van der Waals surface area contributed by atoms with Crippen LogP contribution >= 0.6 is 11.6 Å². The van der Waals surface area contributed by atoms with Crippen molar-refractivity contribution in [2.45, 2.75) is 57.5 Å². The number of aryl methyl sites for hydroxylation is 2. The fourth-order valence-electron chi connectivity index (χ4n) is 9.47. The second-order valence-electron chi connectivity index (χ2n) is 17.2. The average Bonchev–Trinajstić information content (AvgIpc) is 3.25. The molecule has 0 unspecified atom stereocenters. The molecule has 320 valence electrons. The van der Waals surface area contributed by atoms with Crippen molar-refractivity contribution in [2.24, 2.45) is 11.8 Å². The molecule has 4 aliphatic rings. The lowest BCUT2D eigenvalue weighted by Gasteiger charge is -2.41. The lowest BCUT2D eigenvalue weighted by Crippen LogP contribution is -2.47. The molecule has 0 N–H and O–H groups in total. The number of hydrogen-bond donors (Lipinski definition) is 0. The number of hydrogen-bond acceptors (Lipinski definition) is 11. The first kappa shape index (κ1) is 40.7. The van der Waals surface area contributed by atoms with Gasteiger partial charge in [0.15, 0.2) is 11.6 Å². The highest BCUT2D eigenvalue weighted by Gasteiger charge is 2.39. The van der Waals surface area contributed by atoms with Gasteiger partial charge in [-0.1, -0.05) is 17.7 Å². The van der Waals surface area contributed by atoms with Crippen molar-refractivity contribution in [3.8, 4) is 12.1 Å². The second-order valence-corrected chi connectivity index (χ2v) is 17.7. The van der Waals surface area contributed by atoms with Gasteiger partial charge in [0.2, 0.25) is 0 Å². The Balaban J connectivity index is 0.815. The first-order valence-electron chi connectivity index (χ1n) is 21.6. The molecule has 0 saturated carbocycles. The van der Waals surface area contributed by atoms with Gasteiger partial charge in [0.05, 0.1) is 45.5 Å². The summed E-state index contributed by atoms with van der Waals surface area (Å²) in [7, 11) is 0. The minimum atomic E-state index is -4.57. The van der Waals surface area contributed by atoms with Gasteiger partial charge in [-0.2, -0.15) is 18.4 Å². The molecule has 4 aromatic heterocycles. The van der Waals surface area contributed by atoms with Crippen molar-refractivity contribution in [1.29, 1.82) is 5.26 Å². The number of rotatable bonds is 6. The Kier molecular flexibility index (Phi) is 10.6. The first-order chi connectivity index (χ1) is 30.5. The maximum atomic E-state index is 14.6. The third kappa shape index (κ3) is 7.88. The van der Waals surface area contributed by atoms with Gasteiger partial charge in [-0.25, -0.2) is 19.9 Å². The number of alkyl halides is 3. The highest BCUT2D eigenvalue weighted by Crippen LogP contribution is 2.42. The molecule has 0 bridgehead atoms. The molecular formula is C47H45ClF3N12+. The van der Waals surface area contributed by atoms with Crippen LogP contribution in [0.3, 0.4) is 0 Å². The predicted octanol–water partition coefficient (Wildman–Crippen LogP) is 9.48. The predicted molar refractivity (Wildman–Crippen MR) is 239 cm³/mol. The van der Waals surface area contributed by atoms with Gasteiger partial charge in [-0.3, -0.25) is 9.97 Å². The number of fused-ring (bicyclic) bond motifs is 2. The van der Waals surface area contributed by atoms with E-state index in [1.54, 1.807) is 37.8 Å². The molecule has 0 amide bonds. The van der Waals surface area contributed by atoms with Gasteiger partial charge in [0.25, 0.3) is 6.07 Å². The van der Waals surface area contributed by atoms with Crippen molar-refractivity contribution in [3.63, 3.8) is 0 Å². The van der Waals surface area contributed by atoms with Gasteiger partial charge in [-0.05, 0) is 80.3 Å². The summed E-state index contributed by atoms with van der Waals surface area (Å²) in [6.45, 7) is 9.34. The number of anilines is 4. The SMILES string of the molecule is Cc1cc(N2CC(c3nccnc3N3CCC(C#[N+]c4ccc5c(C(F)(F)F)cc(N6CC(c7nccnc7N7CCC(C#N)CC7)C6)nc5c4C)CC3)C2)nc2cc(Cl)ccc12. The summed E-state index contributed by atoms with van der Waals surface area (Å²) in [4.78, 5) is 42.0. The van der Waals surface area contributed by atoms with Gasteiger partial charge in [-0.15, -0.1) is 0 Å². The van der Waals surface area contributed by atoms with Gasteiger partial charge in [0.1, 0.15) is 11.6 Å². The van der Waals surface area contributed by atoms with Crippen LogP contribution in [0, 0.1) is 43.1 Å². The van der Waals surface area contributed by atoms with Crippen molar-refractivity contribution in [2.75, 3.05) is 72.0 Å². The van der Waals surface area contributed by atoms with E-state index in [-0.39, 0.29) is 40.4 Å². The Morgan fingerprint density at radius 1 is 0.683 bits per heavy atom. The highest BCUT2D eigenvalue weighted by atomic mass is 35.5. The molecule has 10 rings (SSSR count). The molecule has 0 aliphatic carbocycles. The first-order valence-corrected chi connectivity index (χ1v) is 21.9. The van der Waals surface area contributed by atoms with E-state index in [1.807, 2.05) is 23.1 Å². The summed E-state index contributed by atoms with van der Waals surface area (Å²) in [5.74, 6) is 3.21. The van der Waals surface area contributed by atoms with Gasteiger partial charge < -0.3 is 19.6 Å². The monoisotopic (exact) mass is 869 g/mol. The number of halogens is 4. The van der Waals surface area contributed by atoms with Gasteiger partial charge >= 0.3 is 11.9 Å². The fourth-order valence-corrected chi connectivity index (χ4v) is 9.63. The molecule has 4 fully saturated rings. The van der Waals surface area contributed by atoms with Crippen LogP contribution in [0.25, 0.3) is 26.7 Å². The number of aromatic nitrogens is 6. The molecule has 2 aromatic carbocycles. The van der Waals surface area contributed by atoms with Crippen LogP contribution in [0.5, 0.6) is 0 Å². The zero-order valence-electron chi connectivity index (χ0n) is 35.0. The van der Waals surface area contributed by atoms with Crippen molar-refractivity contribution >= 4 is 62.4 Å². The van der Waals surface area contributed by atoms with Crippen LogP contribution in [0.4, 0.5) is 42.1 Å².